The number of hydrogen-bond acceptors (Lipinski definition) is 6. The Morgan fingerprint density at radius 2 is 1.64 bits per heavy atom. The van der Waals surface area contributed by atoms with Gasteiger partial charge >= 0.3 is 0 Å². The number of H-pyrrole nitrogens is 1. The van der Waals surface area contributed by atoms with E-state index in [1.54, 1.807) is 14.2 Å². The third-order valence-corrected chi connectivity index (χ3v) is 6.88. The summed E-state index contributed by atoms with van der Waals surface area (Å²) in [5.41, 5.74) is 7.71. The van der Waals surface area contributed by atoms with E-state index >= 15 is 0 Å². The molecular formula is C31H34N6O2. The number of methoxy groups -OCH3 is 2. The van der Waals surface area contributed by atoms with E-state index in [0.717, 1.165) is 53.9 Å². The fraction of sp³-hybridized carbons (Fsp3) is 0.290. The highest BCUT2D eigenvalue weighted by molar-refractivity contribution is 5.82. The van der Waals surface area contributed by atoms with E-state index in [1.807, 2.05) is 12.1 Å². The van der Waals surface area contributed by atoms with E-state index < -0.39 is 6.29 Å². The fourth-order valence-corrected chi connectivity index (χ4v) is 4.96. The molecule has 200 valence electrons. The van der Waals surface area contributed by atoms with E-state index in [4.69, 9.17) is 14.5 Å². The first-order chi connectivity index (χ1) is 19.2. The van der Waals surface area contributed by atoms with Crippen LogP contribution >= 0.6 is 0 Å². The highest BCUT2D eigenvalue weighted by Gasteiger charge is 2.18. The highest BCUT2D eigenvalue weighted by Crippen LogP contribution is 2.34. The van der Waals surface area contributed by atoms with Crippen LogP contribution in [0.1, 0.15) is 54.3 Å². The van der Waals surface area contributed by atoms with Gasteiger partial charge in [0, 0.05) is 38.9 Å². The van der Waals surface area contributed by atoms with E-state index in [1.165, 1.54) is 16.7 Å². The molecule has 39 heavy (non-hydrogen) atoms. The summed E-state index contributed by atoms with van der Waals surface area (Å²) in [4.78, 5) is 4.87. The topological polar surface area (TPSA) is 90.7 Å². The molecule has 3 aromatic carbocycles. The van der Waals surface area contributed by atoms with Gasteiger partial charge in [-0.2, -0.15) is 0 Å². The maximum atomic E-state index is 5.49. The second-order valence-electron chi connectivity index (χ2n) is 9.57. The zero-order valence-electron chi connectivity index (χ0n) is 22.7. The fourth-order valence-electron chi connectivity index (χ4n) is 4.96. The molecule has 0 aliphatic carbocycles. The molecule has 0 atom stereocenters. The monoisotopic (exact) mass is 522 g/mol. The summed E-state index contributed by atoms with van der Waals surface area (Å²) >= 11 is 0. The predicted molar refractivity (Wildman–Crippen MR) is 151 cm³/mol. The van der Waals surface area contributed by atoms with Crippen LogP contribution in [0.4, 0.5) is 0 Å². The standard InChI is InChI=1S/C31H34N6O2/c1-4-5-15-29-32-28(31(38-2)39-3)21-37(29)20-23-16-17-25(24(19-23)18-22-11-7-6-8-12-22)26-13-9-10-14-27(26)30-33-35-36-34-30/h6-14,16-17,19,21,31H,4-5,15,18,20H2,1-3H3,(H,33,34,35,36). The number of imidazole rings is 1. The van der Waals surface area contributed by atoms with Crippen molar-refractivity contribution in [2.75, 3.05) is 14.2 Å². The molecule has 1 N–H and O–H groups in total. The number of benzene rings is 3. The molecule has 8 nitrogen and oxygen atoms in total. The highest BCUT2D eigenvalue weighted by atomic mass is 16.7. The molecule has 5 rings (SSSR count). The van der Waals surface area contributed by atoms with Gasteiger partial charge in [-0.15, -0.1) is 5.10 Å². The Hall–Kier alpha value is -4.14. The van der Waals surface area contributed by atoms with Crippen molar-refractivity contribution in [2.45, 2.75) is 45.4 Å². The molecular weight excluding hydrogens is 488 g/mol. The largest absolute Gasteiger partial charge is 0.350 e. The summed E-state index contributed by atoms with van der Waals surface area (Å²) in [6.07, 6.45) is 5.47. The minimum Gasteiger partial charge on any atom is -0.350 e. The van der Waals surface area contributed by atoms with Gasteiger partial charge in [0.2, 0.25) is 6.29 Å². The zero-order valence-corrected chi connectivity index (χ0v) is 22.7. The Balaban J connectivity index is 1.55. The van der Waals surface area contributed by atoms with Crippen LogP contribution < -0.4 is 0 Å². The molecule has 5 aromatic rings. The number of aryl methyl sites for hydroxylation is 1. The third-order valence-electron chi connectivity index (χ3n) is 6.88. The SMILES string of the molecule is CCCCc1nc(C(OC)OC)cn1Cc1ccc(-c2ccccc2-c2nnn[nH]2)c(Cc2ccccc2)c1. The number of tetrazole rings is 1. The molecule has 0 saturated heterocycles. The third kappa shape index (κ3) is 6.13. The number of ether oxygens (including phenoxy) is 2. The molecule has 8 heteroatoms. The van der Waals surface area contributed by atoms with Crippen molar-refractivity contribution >= 4 is 0 Å². The van der Waals surface area contributed by atoms with E-state index in [0.29, 0.717) is 12.4 Å². The smallest absolute Gasteiger partial charge is 0.202 e. The molecule has 0 fully saturated rings. The van der Waals surface area contributed by atoms with E-state index in [2.05, 4.69) is 99.0 Å². The first-order valence-electron chi connectivity index (χ1n) is 13.3. The van der Waals surface area contributed by atoms with Crippen LogP contribution in [-0.4, -0.2) is 44.4 Å². The first-order valence-corrected chi connectivity index (χ1v) is 13.3. The van der Waals surface area contributed by atoms with Crippen molar-refractivity contribution in [1.29, 1.82) is 0 Å². The summed E-state index contributed by atoms with van der Waals surface area (Å²) in [7, 11) is 3.28. The minimum atomic E-state index is -0.482. The number of rotatable bonds is 12. The normalized spacial score (nSPS) is 11.4. The molecule has 0 unspecified atom stereocenters. The molecule has 2 heterocycles. The van der Waals surface area contributed by atoms with Crippen LogP contribution in [0.25, 0.3) is 22.5 Å². The summed E-state index contributed by atoms with van der Waals surface area (Å²) in [5, 5.41) is 14.7. The number of aromatic nitrogens is 6. The van der Waals surface area contributed by atoms with Gasteiger partial charge in [0.1, 0.15) is 11.5 Å². The average Bonchev–Trinajstić information content (AvgIpc) is 3.64. The Morgan fingerprint density at radius 3 is 2.36 bits per heavy atom. The maximum Gasteiger partial charge on any atom is 0.202 e. The Morgan fingerprint density at radius 1 is 0.872 bits per heavy atom. The van der Waals surface area contributed by atoms with Crippen molar-refractivity contribution in [3.63, 3.8) is 0 Å². The van der Waals surface area contributed by atoms with Crippen LogP contribution in [0.5, 0.6) is 0 Å². The van der Waals surface area contributed by atoms with Crippen molar-refractivity contribution in [1.82, 2.24) is 30.2 Å². The lowest BCUT2D eigenvalue weighted by Gasteiger charge is -2.16. The lowest BCUT2D eigenvalue weighted by molar-refractivity contribution is -0.108. The van der Waals surface area contributed by atoms with Gasteiger partial charge in [0.05, 0.1) is 0 Å². The van der Waals surface area contributed by atoms with Crippen LogP contribution in [0, 0.1) is 0 Å². The Kier molecular flexibility index (Phi) is 8.55. The van der Waals surface area contributed by atoms with Gasteiger partial charge in [0.25, 0.3) is 0 Å². The summed E-state index contributed by atoms with van der Waals surface area (Å²) < 4.78 is 13.2. The van der Waals surface area contributed by atoms with Gasteiger partial charge in [-0.05, 0) is 51.1 Å². The quantitative estimate of drug-likeness (QED) is 0.202. The molecule has 2 aromatic heterocycles. The van der Waals surface area contributed by atoms with Gasteiger partial charge in [0.15, 0.2) is 5.82 Å². The molecule has 0 saturated carbocycles. The minimum absolute atomic E-state index is 0.482. The Bertz CT molecular complexity index is 1480. The molecule has 0 spiro atoms. The number of nitrogens with zero attached hydrogens (tertiary/aromatic N) is 5. The van der Waals surface area contributed by atoms with E-state index in [-0.39, 0.29) is 0 Å². The predicted octanol–water partition coefficient (Wildman–Crippen LogP) is 6.00. The average molecular weight is 523 g/mol. The van der Waals surface area contributed by atoms with Crippen molar-refractivity contribution in [3.05, 3.63) is 107 Å². The van der Waals surface area contributed by atoms with Crippen LogP contribution in [0.2, 0.25) is 0 Å². The summed E-state index contributed by atoms with van der Waals surface area (Å²) in [5.74, 6) is 1.69. The van der Waals surface area contributed by atoms with E-state index in [9.17, 15) is 0 Å². The van der Waals surface area contributed by atoms with Gasteiger partial charge in [-0.3, -0.25) is 0 Å². The molecule has 0 radical (unpaired) electrons. The lowest BCUT2D eigenvalue weighted by Crippen LogP contribution is -2.05. The molecule has 0 aliphatic heterocycles. The van der Waals surface area contributed by atoms with Crippen molar-refractivity contribution < 1.29 is 9.47 Å². The van der Waals surface area contributed by atoms with Crippen LogP contribution in [0.15, 0.2) is 79.0 Å². The molecule has 0 aliphatic rings. The number of hydrogen-bond donors (Lipinski definition) is 1. The number of nitrogens with one attached hydrogen (secondary N) is 1. The van der Waals surface area contributed by atoms with Crippen molar-refractivity contribution in [3.8, 4) is 22.5 Å². The van der Waals surface area contributed by atoms with Gasteiger partial charge < -0.3 is 14.0 Å². The lowest BCUT2D eigenvalue weighted by atomic mass is 9.90. The number of aromatic amines is 1. The maximum absolute atomic E-state index is 5.49. The second kappa shape index (κ2) is 12.6. The summed E-state index contributed by atoms with van der Waals surface area (Å²) in [6.45, 7) is 2.91. The van der Waals surface area contributed by atoms with Crippen LogP contribution in [0.3, 0.4) is 0 Å². The molecule has 0 bridgehead atoms. The Labute approximate surface area is 229 Å². The van der Waals surface area contributed by atoms with Crippen molar-refractivity contribution in [2.24, 2.45) is 0 Å². The first kappa shape index (κ1) is 26.5. The summed E-state index contributed by atoms with van der Waals surface area (Å²) in [6, 6.07) is 25.5. The second-order valence-corrected chi connectivity index (χ2v) is 9.57. The number of unbranched alkanes of at least 4 members (excludes halogenated alkanes) is 1. The van der Waals surface area contributed by atoms with Gasteiger partial charge in [-0.1, -0.05) is 86.1 Å². The zero-order chi connectivity index (χ0) is 27.0. The van der Waals surface area contributed by atoms with Crippen LogP contribution in [-0.2, 0) is 28.9 Å². The van der Waals surface area contributed by atoms with Gasteiger partial charge in [-0.25, -0.2) is 10.1 Å². The molecule has 0 amide bonds.